The molecule has 0 aliphatic rings. The molecule has 1 aromatic carbocycles. The lowest BCUT2D eigenvalue weighted by Gasteiger charge is -2.16. The maximum atomic E-state index is 12.0. The molecule has 7 heteroatoms. The maximum absolute atomic E-state index is 12.0. The first kappa shape index (κ1) is 14.8. The molecule has 2 rings (SSSR count). The van der Waals surface area contributed by atoms with Crippen LogP contribution < -0.4 is 9.47 Å². The highest BCUT2D eigenvalue weighted by atomic mass is 16.5. The minimum Gasteiger partial charge on any atom is -0.493 e. The van der Waals surface area contributed by atoms with Crippen molar-refractivity contribution in [2.24, 2.45) is 0 Å². The summed E-state index contributed by atoms with van der Waals surface area (Å²) < 4.78 is 10.7. The highest BCUT2D eigenvalue weighted by molar-refractivity contribution is 5.77. The standard InChI is InChI=1S/C14H18N4O3/c1-10-15-13(17-16-10)8-18(2)14(19)9-21-12-7-5-4-6-11(12)20-3/h4-7H,8-9H2,1-3H3,(H,15,16,17). The van der Waals surface area contributed by atoms with Gasteiger partial charge in [0.25, 0.3) is 5.91 Å². The summed E-state index contributed by atoms with van der Waals surface area (Å²) in [5.41, 5.74) is 0. The number of nitrogens with one attached hydrogen (secondary N) is 1. The zero-order valence-electron chi connectivity index (χ0n) is 12.3. The number of rotatable bonds is 6. The molecule has 0 spiro atoms. The Labute approximate surface area is 122 Å². The zero-order valence-corrected chi connectivity index (χ0v) is 12.3. The van der Waals surface area contributed by atoms with Crippen LogP contribution in [0.4, 0.5) is 0 Å². The fourth-order valence-corrected chi connectivity index (χ4v) is 1.75. The largest absolute Gasteiger partial charge is 0.493 e. The third kappa shape index (κ3) is 3.95. The van der Waals surface area contributed by atoms with E-state index in [1.165, 1.54) is 4.90 Å². The molecule has 0 aliphatic carbocycles. The summed E-state index contributed by atoms with van der Waals surface area (Å²) in [5.74, 6) is 2.26. The minimum atomic E-state index is -0.164. The van der Waals surface area contributed by atoms with E-state index in [9.17, 15) is 4.79 Å². The minimum absolute atomic E-state index is 0.0692. The molecular weight excluding hydrogens is 272 g/mol. The Balaban J connectivity index is 1.89. The van der Waals surface area contributed by atoms with Gasteiger partial charge in [-0.1, -0.05) is 12.1 Å². The first-order chi connectivity index (χ1) is 10.1. The number of benzene rings is 1. The van der Waals surface area contributed by atoms with Crippen molar-refractivity contribution in [1.82, 2.24) is 20.1 Å². The number of aromatic amines is 1. The van der Waals surface area contributed by atoms with Gasteiger partial charge in [-0.05, 0) is 19.1 Å². The molecule has 0 aliphatic heterocycles. The Bertz CT molecular complexity index is 612. The van der Waals surface area contributed by atoms with Crippen molar-refractivity contribution in [2.75, 3.05) is 20.8 Å². The molecule has 1 heterocycles. The Morgan fingerprint density at radius 1 is 1.33 bits per heavy atom. The molecule has 0 unspecified atom stereocenters. The van der Waals surface area contributed by atoms with Gasteiger partial charge in [-0.2, -0.15) is 5.10 Å². The third-order valence-corrected chi connectivity index (χ3v) is 2.87. The fraction of sp³-hybridized carbons (Fsp3) is 0.357. The Hall–Kier alpha value is -2.57. The number of para-hydroxylation sites is 2. The average Bonchev–Trinajstić information content (AvgIpc) is 2.90. The number of carbonyl (C=O) groups is 1. The van der Waals surface area contributed by atoms with Gasteiger partial charge >= 0.3 is 0 Å². The van der Waals surface area contributed by atoms with Crippen LogP contribution in [-0.4, -0.2) is 46.8 Å². The second-order valence-corrected chi connectivity index (χ2v) is 4.53. The van der Waals surface area contributed by atoms with E-state index in [0.29, 0.717) is 23.9 Å². The molecule has 1 aromatic heterocycles. The number of nitrogens with zero attached hydrogens (tertiary/aromatic N) is 3. The number of methoxy groups -OCH3 is 1. The normalized spacial score (nSPS) is 10.2. The predicted molar refractivity (Wildman–Crippen MR) is 76.1 cm³/mol. The van der Waals surface area contributed by atoms with E-state index in [2.05, 4.69) is 15.2 Å². The lowest BCUT2D eigenvalue weighted by Crippen LogP contribution is -2.31. The zero-order chi connectivity index (χ0) is 15.2. The first-order valence-corrected chi connectivity index (χ1v) is 6.48. The van der Waals surface area contributed by atoms with Crippen LogP contribution in [0.25, 0.3) is 0 Å². The molecule has 2 aromatic rings. The number of hydrogen-bond acceptors (Lipinski definition) is 5. The molecule has 1 N–H and O–H groups in total. The van der Waals surface area contributed by atoms with Crippen molar-refractivity contribution in [3.63, 3.8) is 0 Å². The Kier molecular flexibility index (Phi) is 4.76. The summed E-state index contributed by atoms with van der Waals surface area (Å²) in [6, 6.07) is 7.19. The number of carbonyl (C=O) groups excluding carboxylic acids is 1. The van der Waals surface area contributed by atoms with E-state index in [4.69, 9.17) is 9.47 Å². The monoisotopic (exact) mass is 290 g/mol. The van der Waals surface area contributed by atoms with Crippen LogP contribution in [0.1, 0.15) is 11.6 Å². The van der Waals surface area contributed by atoms with Gasteiger partial charge in [0.1, 0.15) is 5.82 Å². The van der Waals surface area contributed by atoms with Crippen LogP contribution in [0.15, 0.2) is 24.3 Å². The van der Waals surface area contributed by atoms with Gasteiger partial charge in [0.2, 0.25) is 0 Å². The van der Waals surface area contributed by atoms with Crippen LogP contribution in [0, 0.1) is 6.92 Å². The molecule has 0 saturated carbocycles. The van der Waals surface area contributed by atoms with Crippen molar-refractivity contribution in [3.05, 3.63) is 35.9 Å². The Morgan fingerprint density at radius 3 is 2.67 bits per heavy atom. The van der Waals surface area contributed by atoms with Crippen LogP contribution in [-0.2, 0) is 11.3 Å². The van der Waals surface area contributed by atoms with Crippen molar-refractivity contribution in [3.8, 4) is 11.5 Å². The van der Waals surface area contributed by atoms with Crippen LogP contribution >= 0.6 is 0 Å². The highest BCUT2D eigenvalue weighted by Crippen LogP contribution is 2.25. The van der Waals surface area contributed by atoms with Gasteiger partial charge in [-0.25, -0.2) is 4.98 Å². The average molecular weight is 290 g/mol. The van der Waals surface area contributed by atoms with Crippen molar-refractivity contribution in [1.29, 1.82) is 0 Å². The molecule has 112 valence electrons. The second-order valence-electron chi connectivity index (χ2n) is 4.53. The first-order valence-electron chi connectivity index (χ1n) is 6.48. The number of ether oxygens (including phenoxy) is 2. The van der Waals surface area contributed by atoms with Gasteiger partial charge in [-0.15, -0.1) is 0 Å². The third-order valence-electron chi connectivity index (χ3n) is 2.87. The SMILES string of the molecule is COc1ccccc1OCC(=O)N(C)Cc1n[nH]c(C)n1. The summed E-state index contributed by atoms with van der Waals surface area (Å²) >= 11 is 0. The van der Waals surface area contributed by atoms with E-state index in [0.717, 1.165) is 5.82 Å². The molecule has 21 heavy (non-hydrogen) atoms. The molecule has 7 nitrogen and oxygen atoms in total. The molecule has 0 radical (unpaired) electrons. The maximum Gasteiger partial charge on any atom is 0.260 e. The van der Waals surface area contributed by atoms with Gasteiger partial charge < -0.3 is 14.4 Å². The molecule has 0 atom stereocenters. The number of likely N-dealkylation sites (N-methyl/N-ethyl adjacent to an activating group) is 1. The van der Waals surface area contributed by atoms with Crippen LogP contribution in [0.3, 0.4) is 0 Å². The second kappa shape index (κ2) is 6.74. The van der Waals surface area contributed by atoms with Gasteiger partial charge in [-0.3, -0.25) is 9.89 Å². The number of hydrogen-bond donors (Lipinski definition) is 1. The molecular formula is C14H18N4O3. The van der Waals surface area contributed by atoms with E-state index >= 15 is 0 Å². The molecule has 1 amide bonds. The highest BCUT2D eigenvalue weighted by Gasteiger charge is 2.13. The molecule has 0 fully saturated rings. The number of aryl methyl sites for hydroxylation is 1. The number of aromatic nitrogens is 3. The van der Waals surface area contributed by atoms with E-state index in [1.54, 1.807) is 26.3 Å². The Morgan fingerprint density at radius 2 is 2.05 bits per heavy atom. The van der Waals surface area contributed by atoms with Crippen LogP contribution in [0.2, 0.25) is 0 Å². The number of H-pyrrole nitrogens is 1. The van der Waals surface area contributed by atoms with E-state index < -0.39 is 0 Å². The van der Waals surface area contributed by atoms with Gasteiger partial charge in [0.05, 0.1) is 13.7 Å². The van der Waals surface area contributed by atoms with E-state index in [1.807, 2.05) is 19.1 Å². The van der Waals surface area contributed by atoms with Crippen LogP contribution in [0.5, 0.6) is 11.5 Å². The summed E-state index contributed by atoms with van der Waals surface area (Å²) in [6.45, 7) is 2.07. The lowest BCUT2D eigenvalue weighted by molar-refractivity contribution is -0.132. The fourth-order valence-electron chi connectivity index (χ4n) is 1.75. The summed E-state index contributed by atoms with van der Waals surface area (Å²) in [4.78, 5) is 17.7. The topological polar surface area (TPSA) is 80.3 Å². The summed E-state index contributed by atoms with van der Waals surface area (Å²) in [5, 5.41) is 6.73. The predicted octanol–water partition coefficient (Wildman–Crippen LogP) is 1.16. The van der Waals surface area contributed by atoms with Crippen molar-refractivity contribution in [2.45, 2.75) is 13.5 Å². The van der Waals surface area contributed by atoms with Crippen molar-refractivity contribution < 1.29 is 14.3 Å². The van der Waals surface area contributed by atoms with Crippen molar-refractivity contribution >= 4 is 5.91 Å². The molecule has 0 saturated heterocycles. The smallest absolute Gasteiger partial charge is 0.260 e. The van der Waals surface area contributed by atoms with E-state index in [-0.39, 0.29) is 12.5 Å². The number of amides is 1. The van der Waals surface area contributed by atoms with Gasteiger partial charge in [0.15, 0.2) is 23.9 Å². The molecule has 0 bridgehead atoms. The quantitative estimate of drug-likeness (QED) is 0.863. The lowest BCUT2D eigenvalue weighted by atomic mass is 10.3. The summed E-state index contributed by atoms with van der Waals surface area (Å²) in [7, 11) is 3.24. The summed E-state index contributed by atoms with van der Waals surface area (Å²) in [6.07, 6.45) is 0. The van der Waals surface area contributed by atoms with Gasteiger partial charge in [0, 0.05) is 7.05 Å².